The van der Waals surface area contributed by atoms with Gasteiger partial charge in [-0.15, -0.1) is 0 Å². The first-order chi connectivity index (χ1) is 11.0. The van der Waals surface area contributed by atoms with Crippen molar-refractivity contribution in [3.8, 4) is 0 Å². The average Bonchev–Trinajstić information content (AvgIpc) is 2.50. The zero-order valence-electron chi connectivity index (χ0n) is 14.5. The monoisotopic (exact) mass is 336 g/mol. The highest BCUT2D eigenvalue weighted by Crippen LogP contribution is 2.27. The fraction of sp³-hybridized carbons (Fsp3) is 0.632. The molecule has 1 fully saturated rings. The van der Waals surface area contributed by atoms with Crippen molar-refractivity contribution in [1.82, 2.24) is 10.2 Å². The number of carbonyl (C=O) groups is 1. The molecule has 1 amide bonds. The van der Waals surface area contributed by atoms with Gasteiger partial charge in [0.25, 0.3) is 0 Å². The summed E-state index contributed by atoms with van der Waals surface area (Å²) in [5.41, 5.74) is 1.23. The molecule has 4 heteroatoms. The average molecular weight is 337 g/mol. The van der Waals surface area contributed by atoms with E-state index in [4.69, 9.17) is 11.6 Å². The molecule has 0 saturated carbocycles. The first kappa shape index (κ1) is 18.3. The van der Waals surface area contributed by atoms with Crippen LogP contribution in [-0.4, -0.2) is 30.4 Å². The smallest absolute Gasteiger partial charge is 0.220 e. The van der Waals surface area contributed by atoms with Crippen molar-refractivity contribution in [2.75, 3.05) is 19.6 Å². The molecule has 1 atom stereocenters. The van der Waals surface area contributed by atoms with Crippen LogP contribution in [0.1, 0.15) is 51.6 Å². The standard InChI is InChI=1S/C19H29ClN2O/c1-14(2)12-19(23)21-13-18(16-4-6-17(20)7-5-16)22-10-8-15(3)9-11-22/h4-7,14-15,18H,8-13H2,1-3H3,(H,21,23). The molecule has 2 rings (SSSR count). The molecular weight excluding hydrogens is 308 g/mol. The molecule has 0 bridgehead atoms. The number of hydrogen-bond donors (Lipinski definition) is 1. The minimum Gasteiger partial charge on any atom is -0.354 e. The zero-order chi connectivity index (χ0) is 16.8. The summed E-state index contributed by atoms with van der Waals surface area (Å²) in [4.78, 5) is 14.5. The first-order valence-corrected chi connectivity index (χ1v) is 9.09. The van der Waals surface area contributed by atoms with Gasteiger partial charge < -0.3 is 5.32 Å². The zero-order valence-corrected chi connectivity index (χ0v) is 15.3. The van der Waals surface area contributed by atoms with Gasteiger partial charge in [0.1, 0.15) is 0 Å². The maximum absolute atomic E-state index is 12.0. The van der Waals surface area contributed by atoms with Crippen molar-refractivity contribution >= 4 is 17.5 Å². The maximum atomic E-state index is 12.0. The van der Waals surface area contributed by atoms with Crippen LogP contribution >= 0.6 is 11.6 Å². The molecular formula is C19H29ClN2O. The van der Waals surface area contributed by atoms with Gasteiger partial charge in [-0.2, -0.15) is 0 Å². The molecule has 1 saturated heterocycles. The molecule has 128 valence electrons. The van der Waals surface area contributed by atoms with Gasteiger partial charge in [-0.25, -0.2) is 0 Å². The van der Waals surface area contributed by atoms with E-state index in [-0.39, 0.29) is 11.9 Å². The van der Waals surface area contributed by atoms with Gasteiger partial charge in [-0.3, -0.25) is 9.69 Å². The fourth-order valence-corrected chi connectivity index (χ4v) is 3.26. The summed E-state index contributed by atoms with van der Waals surface area (Å²) in [6, 6.07) is 8.27. The lowest BCUT2D eigenvalue weighted by molar-refractivity contribution is -0.122. The highest BCUT2D eigenvalue weighted by molar-refractivity contribution is 6.30. The number of nitrogens with zero attached hydrogens (tertiary/aromatic N) is 1. The molecule has 0 spiro atoms. The summed E-state index contributed by atoms with van der Waals surface area (Å²) in [7, 11) is 0. The van der Waals surface area contributed by atoms with Gasteiger partial charge in [0.2, 0.25) is 5.91 Å². The number of nitrogens with one attached hydrogen (secondary N) is 1. The molecule has 0 aromatic heterocycles. The van der Waals surface area contributed by atoms with Gasteiger partial charge >= 0.3 is 0 Å². The number of piperidine rings is 1. The summed E-state index contributed by atoms with van der Waals surface area (Å²) in [5, 5.41) is 3.88. The molecule has 1 aliphatic heterocycles. The van der Waals surface area contributed by atoms with E-state index >= 15 is 0 Å². The van der Waals surface area contributed by atoms with Crippen molar-refractivity contribution in [3.05, 3.63) is 34.9 Å². The van der Waals surface area contributed by atoms with Crippen LogP contribution in [0.2, 0.25) is 5.02 Å². The van der Waals surface area contributed by atoms with E-state index < -0.39 is 0 Å². The lowest BCUT2D eigenvalue weighted by atomic mass is 9.95. The largest absolute Gasteiger partial charge is 0.354 e. The van der Waals surface area contributed by atoms with Crippen LogP contribution in [0, 0.1) is 11.8 Å². The molecule has 0 radical (unpaired) electrons. The third kappa shape index (κ3) is 5.82. The SMILES string of the molecule is CC(C)CC(=O)NCC(c1ccc(Cl)cc1)N1CCC(C)CC1. The number of amides is 1. The van der Waals surface area contributed by atoms with E-state index in [1.165, 1.54) is 18.4 Å². The van der Waals surface area contributed by atoms with Crippen molar-refractivity contribution in [3.63, 3.8) is 0 Å². The summed E-state index contributed by atoms with van der Waals surface area (Å²) < 4.78 is 0. The van der Waals surface area contributed by atoms with E-state index in [2.05, 4.69) is 43.1 Å². The topological polar surface area (TPSA) is 32.3 Å². The van der Waals surface area contributed by atoms with Crippen molar-refractivity contribution in [1.29, 1.82) is 0 Å². The molecule has 3 nitrogen and oxygen atoms in total. The highest BCUT2D eigenvalue weighted by atomic mass is 35.5. The molecule has 1 aromatic carbocycles. The second-order valence-electron chi connectivity index (χ2n) is 7.19. The van der Waals surface area contributed by atoms with Crippen LogP contribution < -0.4 is 5.32 Å². The van der Waals surface area contributed by atoms with Crippen LogP contribution in [0.25, 0.3) is 0 Å². The highest BCUT2D eigenvalue weighted by Gasteiger charge is 2.25. The Morgan fingerprint density at radius 1 is 1.26 bits per heavy atom. The minimum absolute atomic E-state index is 0.143. The van der Waals surface area contributed by atoms with Crippen LogP contribution in [0.15, 0.2) is 24.3 Å². The number of likely N-dealkylation sites (tertiary alicyclic amines) is 1. The third-order valence-corrected chi connectivity index (χ3v) is 4.85. The van der Waals surface area contributed by atoms with Crippen LogP contribution in [0.5, 0.6) is 0 Å². The number of rotatable bonds is 6. The Balaban J connectivity index is 2.05. The molecule has 0 aliphatic carbocycles. The summed E-state index contributed by atoms with van der Waals surface area (Å²) in [6.45, 7) is 9.31. The molecule has 23 heavy (non-hydrogen) atoms. The lowest BCUT2D eigenvalue weighted by Crippen LogP contribution is -2.42. The van der Waals surface area contributed by atoms with Gasteiger partial charge in [0, 0.05) is 18.0 Å². The number of benzene rings is 1. The van der Waals surface area contributed by atoms with E-state index in [1.807, 2.05) is 12.1 Å². The normalized spacial score (nSPS) is 18.1. The molecule has 1 unspecified atom stereocenters. The van der Waals surface area contributed by atoms with Crippen LogP contribution in [0.4, 0.5) is 0 Å². The second kappa shape index (κ2) is 8.70. The predicted octanol–water partition coefficient (Wildman–Crippen LogP) is 4.28. The van der Waals surface area contributed by atoms with Crippen LogP contribution in [-0.2, 0) is 4.79 Å². The van der Waals surface area contributed by atoms with E-state index in [0.29, 0.717) is 18.9 Å². The number of hydrogen-bond acceptors (Lipinski definition) is 2. The van der Waals surface area contributed by atoms with Gasteiger partial charge in [0.15, 0.2) is 0 Å². The Hall–Kier alpha value is -1.06. The predicted molar refractivity (Wildman–Crippen MR) is 96.6 cm³/mol. The van der Waals surface area contributed by atoms with Gasteiger partial charge in [-0.05, 0) is 55.5 Å². The Morgan fingerprint density at radius 3 is 2.43 bits per heavy atom. The molecule has 1 N–H and O–H groups in total. The molecule has 1 heterocycles. The van der Waals surface area contributed by atoms with Gasteiger partial charge in [-0.1, -0.05) is 44.5 Å². The van der Waals surface area contributed by atoms with Gasteiger partial charge in [0.05, 0.1) is 6.04 Å². The fourth-order valence-electron chi connectivity index (χ4n) is 3.14. The third-order valence-electron chi connectivity index (χ3n) is 4.60. The molecule has 1 aliphatic rings. The van der Waals surface area contributed by atoms with Crippen LogP contribution in [0.3, 0.4) is 0 Å². The Bertz CT molecular complexity index is 493. The Morgan fingerprint density at radius 2 is 1.87 bits per heavy atom. The number of halogens is 1. The summed E-state index contributed by atoms with van der Waals surface area (Å²) >= 11 is 6.02. The summed E-state index contributed by atoms with van der Waals surface area (Å²) in [6.07, 6.45) is 3.04. The van der Waals surface area contributed by atoms with E-state index in [1.54, 1.807) is 0 Å². The maximum Gasteiger partial charge on any atom is 0.220 e. The minimum atomic E-state index is 0.143. The lowest BCUT2D eigenvalue weighted by Gasteiger charge is -2.37. The quantitative estimate of drug-likeness (QED) is 0.841. The van der Waals surface area contributed by atoms with Crippen molar-refractivity contribution in [2.24, 2.45) is 11.8 Å². The second-order valence-corrected chi connectivity index (χ2v) is 7.62. The van der Waals surface area contributed by atoms with Crippen molar-refractivity contribution in [2.45, 2.75) is 46.1 Å². The number of carbonyl (C=O) groups excluding carboxylic acids is 1. The Kier molecular flexibility index (Phi) is 6.91. The first-order valence-electron chi connectivity index (χ1n) is 8.72. The summed E-state index contributed by atoms with van der Waals surface area (Å²) in [5.74, 6) is 1.33. The Labute approximate surface area is 145 Å². The van der Waals surface area contributed by atoms with Crippen molar-refractivity contribution < 1.29 is 4.79 Å². The molecule has 1 aromatic rings. The van der Waals surface area contributed by atoms with E-state index in [9.17, 15) is 4.79 Å². The van der Waals surface area contributed by atoms with E-state index in [0.717, 1.165) is 24.0 Å².